The molecule has 0 unspecified atom stereocenters. The molecule has 0 aliphatic carbocycles. The fraction of sp³-hybridized carbons (Fsp3) is 0.130. The van der Waals surface area contributed by atoms with Gasteiger partial charge in [0.15, 0.2) is 4.90 Å². The highest BCUT2D eigenvalue weighted by Crippen LogP contribution is 2.37. The summed E-state index contributed by atoms with van der Waals surface area (Å²) in [5, 5.41) is 15.9. The van der Waals surface area contributed by atoms with Gasteiger partial charge in [-0.05, 0) is 35.9 Å². The molecule has 0 saturated heterocycles. The van der Waals surface area contributed by atoms with Crippen molar-refractivity contribution in [1.82, 2.24) is 5.43 Å². The number of sulfonamides is 1. The first-order chi connectivity index (χ1) is 17.2. The third-order valence-electron chi connectivity index (χ3n) is 4.85. The van der Waals surface area contributed by atoms with E-state index >= 15 is 0 Å². The van der Waals surface area contributed by atoms with Crippen LogP contribution in [0.25, 0.3) is 0 Å². The summed E-state index contributed by atoms with van der Waals surface area (Å²) in [6.07, 6.45) is 1.35. The van der Waals surface area contributed by atoms with Crippen molar-refractivity contribution in [3.05, 3.63) is 87.4 Å². The summed E-state index contributed by atoms with van der Waals surface area (Å²) in [6.45, 7) is -0.755. The molecule has 188 valence electrons. The zero-order chi connectivity index (χ0) is 26.3. The number of carbonyl (C=O) groups is 1. The Bertz CT molecular complexity index is 1400. The number of ether oxygens (including phenoxy) is 2. The SMILES string of the molecule is COc1ccc(N(CC(=O)N/N=C\c2ccc(Cl)cc2)S(=O)(=O)c2ccccc2[N+](=O)[O-])c(OC)c1. The van der Waals surface area contributed by atoms with Crippen molar-refractivity contribution in [3.63, 3.8) is 0 Å². The van der Waals surface area contributed by atoms with Crippen LogP contribution in [0.4, 0.5) is 11.4 Å². The molecule has 3 aromatic rings. The molecule has 36 heavy (non-hydrogen) atoms. The summed E-state index contributed by atoms with van der Waals surface area (Å²) in [6, 6.07) is 15.7. The van der Waals surface area contributed by atoms with Crippen LogP contribution in [-0.2, 0) is 14.8 Å². The van der Waals surface area contributed by atoms with E-state index in [1.54, 1.807) is 24.3 Å². The molecule has 0 heterocycles. The van der Waals surface area contributed by atoms with Gasteiger partial charge in [-0.15, -0.1) is 0 Å². The molecule has 0 aliphatic rings. The number of nitrogens with one attached hydrogen (secondary N) is 1. The normalized spacial score (nSPS) is 11.2. The molecule has 3 rings (SSSR count). The lowest BCUT2D eigenvalue weighted by atomic mass is 10.2. The number of methoxy groups -OCH3 is 2. The summed E-state index contributed by atoms with van der Waals surface area (Å²) in [5.41, 5.74) is 2.22. The van der Waals surface area contributed by atoms with Gasteiger partial charge in [0.25, 0.3) is 21.6 Å². The van der Waals surface area contributed by atoms with Crippen molar-refractivity contribution in [1.29, 1.82) is 0 Å². The second kappa shape index (κ2) is 11.5. The minimum absolute atomic E-state index is 0.0340. The first-order valence-corrected chi connectivity index (χ1v) is 12.0. The zero-order valence-corrected chi connectivity index (χ0v) is 20.7. The number of carbonyl (C=O) groups excluding carboxylic acids is 1. The van der Waals surface area contributed by atoms with Crippen molar-refractivity contribution in [2.24, 2.45) is 5.10 Å². The number of nitrogens with zero attached hydrogens (tertiary/aromatic N) is 3. The minimum atomic E-state index is -4.62. The Morgan fingerprint density at radius 3 is 2.44 bits per heavy atom. The molecule has 0 fully saturated rings. The van der Waals surface area contributed by atoms with E-state index in [0.717, 1.165) is 12.1 Å². The quantitative estimate of drug-likeness (QED) is 0.239. The molecule has 0 spiro atoms. The number of benzene rings is 3. The fourth-order valence-electron chi connectivity index (χ4n) is 3.13. The average Bonchev–Trinajstić information content (AvgIpc) is 2.88. The number of nitro benzene ring substituents is 1. The van der Waals surface area contributed by atoms with Gasteiger partial charge in [-0.25, -0.2) is 13.8 Å². The van der Waals surface area contributed by atoms with E-state index < -0.39 is 38.0 Å². The maximum atomic E-state index is 13.6. The Morgan fingerprint density at radius 1 is 1.11 bits per heavy atom. The number of hydrazone groups is 1. The Balaban J connectivity index is 2.00. The highest BCUT2D eigenvalue weighted by Gasteiger charge is 2.34. The first-order valence-electron chi connectivity index (χ1n) is 10.2. The molecule has 0 saturated carbocycles. The van der Waals surface area contributed by atoms with Crippen molar-refractivity contribution < 1.29 is 27.6 Å². The van der Waals surface area contributed by atoms with Crippen LogP contribution in [0.5, 0.6) is 11.5 Å². The van der Waals surface area contributed by atoms with E-state index in [4.69, 9.17) is 21.1 Å². The van der Waals surface area contributed by atoms with E-state index in [-0.39, 0.29) is 11.4 Å². The maximum absolute atomic E-state index is 13.6. The number of hydrogen-bond donors (Lipinski definition) is 1. The predicted octanol–water partition coefficient (Wildman–Crippen LogP) is 3.61. The van der Waals surface area contributed by atoms with Crippen LogP contribution < -0.4 is 19.2 Å². The number of nitro groups is 1. The minimum Gasteiger partial charge on any atom is -0.497 e. The molecule has 1 amide bonds. The van der Waals surface area contributed by atoms with Crippen molar-refractivity contribution in [3.8, 4) is 11.5 Å². The number of amides is 1. The number of anilines is 1. The Hall–Kier alpha value is -4.16. The molecule has 0 radical (unpaired) electrons. The predicted molar refractivity (Wildman–Crippen MR) is 134 cm³/mol. The lowest BCUT2D eigenvalue weighted by Gasteiger charge is -2.25. The van der Waals surface area contributed by atoms with Crippen LogP contribution >= 0.6 is 11.6 Å². The number of para-hydroxylation sites is 1. The Kier molecular flexibility index (Phi) is 8.46. The molecular formula is C23H21ClN4O7S. The molecule has 1 N–H and O–H groups in total. The molecule has 13 heteroatoms. The number of rotatable bonds is 10. The maximum Gasteiger partial charge on any atom is 0.289 e. The number of hydrogen-bond acceptors (Lipinski definition) is 8. The van der Waals surface area contributed by atoms with Crippen LogP contribution in [0.2, 0.25) is 5.02 Å². The summed E-state index contributed by atoms with van der Waals surface area (Å²) >= 11 is 5.84. The topological polar surface area (TPSA) is 140 Å². The molecule has 0 bridgehead atoms. The largest absolute Gasteiger partial charge is 0.497 e. The number of halogens is 1. The van der Waals surface area contributed by atoms with E-state index in [9.17, 15) is 23.3 Å². The van der Waals surface area contributed by atoms with Crippen LogP contribution in [0.1, 0.15) is 5.56 Å². The third-order valence-corrected chi connectivity index (χ3v) is 6.90. The molecule has 0 aromatic heterocycles. The van der Waals surface area contributed by atoms with Gasteiger partial charge < -0.3 is 9.47 Å². The molecule has 0 atom stereocenters. The average molecular weight is 533 g/mol. The first kappa shape index (κ1) is 26.4. The highest BCUT2D eigenvalue weighted by atomic mass is 35.5. The fourth-order valence-corrected chi connectivity index (χ4v) is 4.85. The van der Waals surface area contributed by atoms with Crippen LogP contribution in [0, 0.1) is 10.1 Å². The van der Waals surface area contributed by atoms with Crippen LogP contribution in [0.3, 0.4) is 0 Å². The van der Waals surface area contributed by atoms with Crippen LogP contribution in [0.15, 0.2) is 76.7 Å². The molecule has 11 nitrogen and oxygen atoms in total. The highest BCUT2D eigenvalue weighted by molar-refractivity contribution is 7.93. The third kappa shape index (κ3) is 6.09. The second-order valence-electron chi connectivity index (χ2n) is 7.12. The Labute approximate surface area is 212 Å². The summed E-state index contributed by atoms with van der Waals surface area (Å²) in [5.74, 6) is -0.370. The summed E-state index contributed by atoms with van der Waals surface area (Å²) < 4.78 is 38.5. The van der Waals surface area contributed by atoms with Gasteiger partial charge in [-0.3, -0.25) is 19.2 Å². The van der Waals surface area contributed by atoms with Crippen LogP contribution in [-0.4, -0.2) is 46.2 Å². The lowest BCUT2D eigenvalue weighted by Crippen LogP contribution is -2.40. The zero-order valence-electron chi connectivity index (χ0n) is 19.1. The molecular weight excluding hydrogens is 512 g/mol. The molecule has 0 aliphatic heterocycles. The van der Waals surface area contributed by atoms with Crippen molar-refractivity contribution in [2.45, 2.75) is 4.90 Å². The van der Waals surface area contributed by atoms with Gasteiger partial charge in [0.05, 0.1) is 31.0 Å². The second-order valence-corrected chi connectivity index (χ2v) is 9.39. The van der Waals surface area contributed by atoms with Gasteiger partial charge in [-0.2, -0.15) is 5.10 Å². The van der Waals surface area contributed by atoms with E-state index in [0.29, 0.717) is 20.6 Å². The lowest BCUT2D eigenvalue weighted by molar-refractivity contribution is -0.387. The van der Waals surface area contributed by atoms with E-state index in [1.165, 1.54) is 50.8 Å². The smallest absolute Gasteiger partial charge is 0.289 e. The van der Waals surface area contributed by atoms with E-state index in [1.807, 2.05) is 0 Å². The van der Waals surface area contributed by atoms with Crippen molar-refractivity contribution in [2.75, 3.05) is 25.1 Å². The Morgan fingerprint density at radius 2 is 1.81 bits per heavy atom. The summed E-state index contributed by atoms with van der Waals surface area (Å²) in [7, 11) is -1.89. The summed E-state index contributed by atoms with van der Waals surface area (Å²) in [4.78, 5) is 22.9. The monoisotopic (exact) mass is 532 g/mol. The van der Waals surface area contributed by atoms with Gasteiger partial charge in [0.2, 0.25) is 0 Å². The van der Waals surface area contributed by atoms with Gasteiger partial charge in [-0.1, -0.05) is 35.9 Å². The molecule has 3 aromatic carbocycles. The van der Waals surface area contributed by atoms with Gasteiger partial charge in [0.1, 0.15) is 18.0 Å². The van der Waals surface area contributed by atoms with Gasteiger partial charge in [0, 0.05) is 17.2 Å². The van der Waals surface area contributed by atoms with Gasteiger partial charge >= 0.3 is 0 Å². The van der Waals surface area contributed by atoms with E-state index in [2.05, 4.69) is 10.5 Å². The standard InChI is InChI=1S/C23H21ClN4O7S/c1-34-18-11-12-19(21(13-18)35-2)27(36(32,33)22-6-4-3-5-20(22)28(30)31)15-23(29)26-25-14-16-7-9-17(24)10-8-16/h3-14H,15H2,1-2H3,(H,26,29)/b25-14-. The van der Waals surface area contributed by atoms with Crippen molar-refractivity contribution >= 4 is 45.1 Å².